The van der Waals surface area contributed by atoms with Crippen LogP contribution in [0.4, 0.5) is 0 Å². The summed E-state index contributed by atoms with van der Waals surface area (Å²) in [5.74, 6) is 1.96. The van der Waals surface area contributed by atoms with Gasteiger partial charge in [-0.05, 0) is 37.9 Å². The van der Waals surface area contributed by atoms with E-state index in [4.69, 9.17) is 4.98 Å². The van der Waals surface area contributed by atoms with E-state index in [1.807, 2.05) is 0 Å². The third-order valence-electron chi connectivity index (χ3n) is 4.60. The third kappa shape index (κ3) is 2.39. The Morgan fingerprint density at radius 3 is 2.84 bits per heavy atom. The van der Waals surface area contributed by atoms with Crippen LogP contribution in [0.25, 0.3) is 11.0 Å². The van der Waals surface area contributed by atoms with Gasteiger partial charge in [-0.1, -0.05) is 25.0 Å². The highest BCUT2D eigenvalue weighted by molar-refractivity contribution is 5.75. The molecule has 0 radical (unpaired) electrons. The van der Waals surface area contributed by atoms with Crippen molar-refractivity contribution in [1.29, 1.82) is 0 Å². The molecule has 0 bridgehead atoms. The average Bonchev–Trinajstić information content (AvgIpc) is 2.77. The molecule has 1 N–H and O–H groups in total. The normalized spacial score (nSPS) is 23.9. The summed E-state index contributed by atoms with van der Waals surface area (Å²) in [4.78, 5) is 4.81. The minimum Gasteiger partial charge on any atom is -0.331 e. The van der Waals surface area contributed by atoms with Gasteiger partial charge in [0.25, 0.3) is 0 Å². The zero-order chi connectivity index (χ0) is 13.2. The van der Waals surface area contributed by atoms with Gasteiger partial charge in [0.1, 0.15) is 5.82 Å². The molecule has 19 heavy (non-hydrogen) atoms. The van der Waals surface area contributed by atoms with Crippen molar-refractivity contribution in [3.63, 3.8) is 0 Å². The van der Waals surface area contributed by atoms with Gasteiger partial charge >= 0.3 is 0 Å². The second-order valence-corrected chi connectivity index (χ2v) is 5.72. The monoisotopic (exact) mass is 257 g/mol. The molecule has 2 aromatic rings. The van der Waals surface area contributed by atoms with E-state index < -0.39 is 0 Å². The molecule has 1 aromatic carbocycles. The van der Waals surface area contributed by atoms with Crippen molar-refractivity contribution in [1.82, 2.24) is 14.9 Å². The Morgan fingerprint density at radius 2 is 2.05 bits per heavy atom. The number of nitrogens with zero attached hydrogens (tertiary/aromatic N) is 2. The first-order valence-electron chi connectivity index (χ1n) is 7.37. The molecule has 0 aliphatic heterocycles. The van der Waals surface area contributed by atoms with Crippen LogP contribution < -0.4 is 5.32 Å². The van der Waals surface area contributed by atoms with E-state index >= 15 is 0 Å². The van der Waals surface area contributed by atoms with Gasteiger partial charge in [0.2, 0.25) is 0 Å². The topological polar surface area (TPSA) is 29.9 Å². The van der Waals surface area contributed by atoms with Crippen LogP contribution >= 0.6 is 0 Å². The van der Waals surface area contributed by atoms with E-state index in [1.165, 1.54) is 37.0 Å². The number of nitrogens with one attached hydrogen (secondary N) is 1. The van der Waals surface area contributed by atoms with Crippen molar-refractivity contribution in [2.75, 3.05) is 7.05 Å². The Labute approximate surface area is 115 Å². The predicted octanol–water partition coefficient (Wildman–Crippen LogP) is 2.89. The Hall–Kier alpha value is -1.35. The smallest absolute Gasteiger partial charge is 0.109 e. The van der Waals surface area contributed by atoms with Gasteiger partial charge in [-0.2, -0.15) is 0 Å². The van der Waals surface area contributed by atoms with E-state index in [0.29, 0.717) is 6.04 Å². The van der Waals surface area contributed by atoms with Crippen LogP contribution in [-0.2, 0) is 13.5 Å². The molecular formula is C16H23N3. The predicted molar refractivity (Wildman–Crippen MR) is 79.2 cm³/mol. The first-order chi connectivity index (χ1) is 9.29. The molecule has 102 valence electrons. The van der Waals surface area contributed by atoms with Crippen molar-refractivity contribution in [2.24, 2.45) is 13.0 Å². The minimum absolute atomic E-state index is 0.661. The van der Waals surface area contributed by atoms with E-state index in [9.17, 15) is 0 Å². The van der Waals surface area contributed by atoms with Crippen molar-refractivity contribution in [3.05, 3.63) is 30.1 Å². The SMILES string of the molecule is CNC1CCCCC1Cc1nc2ccccc2n1C. The summed E-state index contributed by atoms with van der Waals surface area (Å²) in [6.07, 6.45) is 6.47. The van der Waals surface area contributed by atoms with Crippen molar-refractivity contribution >= 4 is 11.0 Å². The fourth-order valence-corrected chi connectivity index (χ4v) is 3.44. The molecule has 3 heteroatoms. The molecule has 1 fully saturated rings. The lowest BCUT2D eigenvalue weighted by Gasteiger charge is -2.31. The van der Waals surface area contributed by atoms with Crippen molar-refractivity contribution in [3.8, 4) is 0 Å². The van der Waals surface area contributed by atoms with Gasteiger partial charge < -0.3 is 9.88 Å². The highest BCUT2D eigenvalue weighted by atomic mass is 15.1. The molecule has 2 atom stereocenters. The standard InChI is InChI=1S/C16H23N3/c1-17-13-8-4-3-7-12(13)11-16-18-14-9-5-6-10-15(14)19(16)2/h5-6,9-10,12-13,17H,3-4,7-8,11H2,1-2H3. The van der Waals surface area contributed by atoms with E-state index in [1.54, 1.807) is 0 Å². The summed E-state index contributed by atoms with van der Waals surface area (Å²) in [5, 5.41) is 3.49. The molecule has 1 aliphatic rings. The maximum Gasteiger partial charge on any atom is 0.109 e. The molecule has 3 rings (SSSR count). The fourth-order valence-electron chi connectivity index (χ4n) is 3.44. The lowest BCUT2D eigenvalue weighted by Crippen LogP contribution is -2.37. The minimum atomic E-state index is 0.661. The van der Waals surface area contributed by atoms with Crippen LogP contribution in [0.3, 0.4) is 0 Å². The Bertz CT molecular complexity index is 558. The number of aryl methyl sites for hydroxylation is 1. The van der Waals surface area contributed by atoms with Gasteiger partial charge in [0.05, 0.1) is 11.0 Å². The number of aromatic nitrogens is 2. The number of para-hydroxylation sites is 2. The van der Waals surface area contributed by atoms with Gasteiger partial charge in [0.15, 0.2) is 0 Å². The zero-order valence-corrected chi connectivity index (χ0v) is 11.9. The summed E-state index contributed by atoms with van der Waals surface area (Å²) in [7, 11) is 4.24. The maximum absolute atomic E-state index is 4.81. The first kappa shape index (κ1) is 12.7. The largest absolute Gasteiger partial charge is 0.331 e. The number of hydrogen-bond acceptors (Lipinski definition) is 2. The summed E-state index contributed by atoms with van der Waals surface area (Å²) in [5.41, 5.74) is 2.37. The molecule has 0 saturated heterocycles. The number of imidazole rings is 1. The molecule has 2 unspecified atom stereocenters. The summed E-state index contributed by atoms with van der Waals surface area (Å²) >= 11 is 0. The molecule has 0 spiro atoms. The molecule has 1 aromatic heterocycles. The number of hydrogen-bond donors (Lipinski definition) is 1. The lowest BCUT2D eigenvalue weighted by atomic mass is 9.82. The Kier molecular flexibility index (Phi) is 3.56. The molecule has 1 aliphatic carbocycles. The van der Waals surface area contributed by atoms with Gasteiger partial charge in [-0.3, -0.25) is 0 Å². The second kappa shape index (κ2) is 5.33. The van der Waals surface area contributed by atoms with Gasteiger partial charge in [-0.25, -0.2) is 4.98 Å². The highest BCUT2D eigenvalue weighted by Gasteiger charge is 2.25. The third-order valence-corrected chi connectivity index (χ3v) is 4.60. The molecular weight excluding hydrogens is 234 g/mol. The summed E-state index contributed by atoms with van der Waals surface area (Å²) in [6.45, 7) is 0. The van der Waals surface area contributed by atoms with Crippen LogP contribution in [0.1, 0.15) is 31.5 Å². The number of rotatable bonds is 3. The maximum atomic E-state index is 4.81. The van der Waals surface area contributed by atoms with Crippen molar-refractivity contribution < 1.29 is 0 Å². The zero-order valence-electron chi connectivity index (χ0n) is 11.9. The number of benzene rings is 1. The Morgan fingerprint density at radius 1 is 1.26 bits per heavy atom. The van der Waals surface area contributed by atoms with Crippen LogP contribution in [-0.4, -0.2) is 22.6 Å². The summed E-state index contributed by atoms with van der Waals surface area (Å²) < 4.78 is 2.26. The van der Waals surface area contributed by atoms with E-state index in [0.717, 1.165) is 17.9 Å². The summed E-state index contributed by atoms with van der Waals surface area (Å²) in [6, 6.07) is 9.08. The molecule has 1 saturated carbocycles. The van der Waals surface area contributed by atoms with Crippen LogP contribution in [0.2, 0.25) is 0 Å². The van der Waals surface area contributed by atoms with Crippen LogP contribution in [0.5, 0.6) is 0 Å². The van der Waals surface area contributed by atoms with Crippen molar-refractivity contribution in [2.45, 2.75) is 38.1 Å². The highest BCUT2D eigenvalue weighted by Crippen LogP contribution is 2.28. The van der Waals surface area contributed by atoms with Gasteiger partial charge in [-0.15, -0.1) is 0 Å². The molecule has 3 nitrogen and oxygen atoms in total. The lowest BCUT2D eigenvalue weighted by molar-refractivity contribution is 0.268. The molecule has 0 amide bonds. The van der Waals surface area contributed by atoms with Gasteiger partial charge in [0, 0.05) is 19.5 Å². The fraction of sp³-hybridized carbons (Fsp3) is 0.562. The second-order valence-electron chi connectivity index (χ2n) is 5.72. The Balaban J connectivity index is 1.86. The van der Waals surface area contributed by atoms with Crippen LogP contribution in [0, 0.1) is 5.92 Å². The average molecular weight is 257 g/mol. The first-order valence-corrected chi connectivity index (χ1v) is 7.37. The molecule has 1 heterocycles. The quantitative estimate of drug-likeness (QED) is 0.916. The number of fused-ring (bicyclic) bond motifs is 1. The van der Waals surface area contributed by atoms with Crippen LogP contribution in [0.15, 0.2) is 24.3 Å². The van der Waals surface area contributed by atoms with E-state index in [-0.39, 0.29) is 0 Å². The van der Waals surface area contributed by atoms with E-state index in [2.05, 4.69) is 48.2 Å².